The quantitative estimate of drug-likeness (QED) is 0.424. The molecule has 0 radical (unpaired) electrons. The molecular weight excluding hydrogens is 462 g/mol. The standard InChI is InChI=1S/C15H11Br2Cl3O/c1-2-21-14-7-12(19)9(6-13(14)20)15(17)8-3-4-11(18)10(16)5-8/h3-7,15H,2H2,1H3. The molecule has 0 aliphatic carbocycles. The Balaban J connectivity index is 2.40. The Bertz CT molecular complexity index is 662. The Kier molecular flexibility index (Phi) is 6.27. The first-order chi connectivity index (χ1) is 9.93. The van der Waals surface area contributed by atoms with Crippen molar-refractivity contribution in [3.8, 4) is 5.75 Å². The molecule has 0 fully saturated rings. The second kappa shape index (κ2) is 7.56. The minimum Gasteiger partial charge on any atom is -0.492 e. The molecule has 0 N–H and O–H groups in total. The van der Waals surface area contributed by atoms with E-state index in [0.717, 1.165) is 15.6 Å². The van der Waals surface area contributed by atoms with Crippen LogP contribution in [0.15, 0.2) is 34.8 Å². The maximum absolute atomic E-state index is 6.35. The van der Waals surface area contributed by atoms with Crippen molar-refractivity contribution in [2.45, 2.75) is 11.8 Å². The summed E-state index contributed by atoms with van der Waals surface area (Å²) in [4.78, 5) is -0.0910. The van der Waals surface area contributed by atoms with Gasteiger partial charge >= 0.3 is 0 Å². The lowest BCUT2D eigenvalue weighted by Gasteiger charge is -2.16. The fourth-order valence-corrected chi connectivity index (χ4v) is 3.65. The fraction of sp³-hybridized carbons (Fsp3) is 0.200. The number of halogens is 5. The number of alkyl halides is 1. The number of benzene rings is 2. The summed E-state index contributed by atoms with van der Waals surface area (Å²) >= 11 is 25.7. The van der Waals surface area contributed by atoms with Gasteiger partial charge in [-0.3, -0.25) is 0 Å². The lowest BCUT2D eigenvalue weighted by Crippen LogP contribution is -1.97. The molecule has 1 unspecified atom stereocenters. The number of hydrogen-bond acceptors (Lipinski definition) is 1. The van der Waals surface area contributed by atoms with Crippen LogP contribution in [0, 0.1) is 0 Å². The van der Waals surface area contributed by atoms with E-state index in [4.69, 9.17) is 39.5 Å². The third-order valence-electron chi connectivity index (χ3n) is 2.86. The van der Waals surface area contributed by atoms with Crippen LogP contribution < -0.4 is 4.74 Å². The van der Waals surface area contributed by atoms with Gasteiger partial charge in [-0.25, -0.2) is 0 Å². The molecule has 1 atom stereocenters. The van der Waals surface area contributed by atoms with Crippen LogP contribution in [0.1, 0.15) is 22.9 Å². The summed E-state index contributed by atoms with van der Waals surface area (Å²) in [6, 6.07) is 9.27. The van der Waals surface area contributed by atoms with E-state index < -0.39 is 0 Å². The zero-order valence-corrected chi connectivity index (χ0v) is 16.4. The average Bonchev–Trinajstić information content (AvgIpc) is 2.45. The minimum atomic E-state index is -0.0910. The van der Waals surface area contributed by atoms with Gasteiger partial charge in [0.05, 0.1) is 21.5 Å². The van der Waals surface area contributed by atoms with Crippen molar-refractivity contribution < 1.29 is 4.74 Å². The van der Waals surface area contributed by atoms with E-state index in [0.29, 0.717) is 27.4 Å². The molecule has 0 heterocycles. The van der Waals surface area contributed by atoms with Gasteiger partial charge in [-0.2, -0.15) is 0 Å². The van der Waals surface area contributed by atoms with Gasteiger partial charge in [-0.1, -0.05) is 56.8 Å². The smallest absolute Gasteiger partial charge is 0.139 e. The highest BCUT2D eigenvalue weighted by Crippen LogP contribution is 2.41. The second-order valence-electron chi connectivity index (χ2n) is 4.27. The van der Waals surface area contributed by atoms with E-state index in [1.54, 1.807) is 6.07 Å². The largest absolute Gasteiger partial charge is 0.492 e. The van der Waals surface area contributed by atoms with Crippen molar-refractivity contribution in [2.75, 3.05) is 6.61 Å². The molecule has 1 nitrogen and oxygen atoms in total. The van der Waals surface area contributed by atoms with Crippen molar-refractivity contribution in [3.05, 3.63) is 61.0 Å². The van der Waals surface area contributed by atoms with Gasteiger partial charge in [0.2, 0.25) is 0 Å². The van der Waals surface area contributed by atoms with E-state index in [-0.39, 0.29) is 4.83 Å². The van der Waals surface area contributed by atoms with Crippen molar-refractivity contribution >= 4 is 66.7 Å². The predicted octanol–water partition coefficient (Wildman–Crippen LogP) is 7.29. The predicted molar refractivity (Wildman–Crippen MR) is 97.6 cm³/mol. The normalized spacial score (nSPS) is 12.3. The molecule has 112 valence electrons. The first kappa shape index (κ1) is 17.4. The Morgan fingerprint density at radius 2 is 1.76 bits per heavy atom. The highest BCUT2D eigenvalue weighted by molar-refractivity contribution is 9.10. The second-order valence-corrected chi connectivity index (χ2v) is 7.26. The average molecular weight is 473 g/mol. The van der Waals surface area contributed by atoms with Crippen LogP contribution in [-0.2, 0) is 0 Å². The minimum absolute atomic E-state index is 0.0910. The first-order valence-corrected chi connectivity index (χ1v) is 8.99. The maximum atomic E-state index is 6.35. The van der Waals surface area contributed by atoms with Crippen LogP contribution in [0.3, 0.4) is 0 Å². The highest BCUT2D eigenvalue weighted by Gasteiger charge is 2.17. The van der Waals surface area contributed by atoms with Crippen LogP contribution in [-0.4, -0.2) is 6.61 Å². The number of rotatable bonds is 4. The molecule has 0 saturated heterocycles. The topological polar surface area (TPSA) is 9.23 Å². The van der Waals surface area contributed by atoms with Gasteiger partial charge < -0.3 is 4.74 Å². The molecule has 0 aliphatic heterocycles. The molecule has 21 heavy (non-hydrogen) atoms. The summed E-state index contributed by atoms with van der Waals surface area (Å²) in [6.07, 6.45) is 0. The fourth-order valence-electron chi connectivity index (χ4n) is 1.85. The third-order valence-corrected chi connectivity index (χ3v) is 5.72. The third kappa shape index (κ3) is 4.08. The zero-order valence-electron chi connectivity index (χ0n) is 11.0. The summed E-state index contributed by atoms with van der Waals surface area (Å²) in [7, 11) is 0. The van der Waals surface area contributed by atoms with E-state index >= 15 is 0 Å². The van der Waals surface area contributed by atoms with Crippen molar-refractivity contribution in [1.82, 2.24) is 0 Å². The maximum Gasteiger partial charge on any atom is 0.139 e. The summed E-state index contributed by atoms with van der Waals surface area (Å²) in [6.45, 7) is 2.44. The SMILES string of the molecule is CCOc1cc(Cl)c(C(Br)c2ccc(Cl)c(Br)c2)cc1Cl. The molecule has 0 amide bonds. The highest BCUT2D eigenvalue weighted by atomic mass is 79.9. The Hall–Kier alpha value is 0.0700. The van der Waals surface area contributed by atoms with Crippen molar-refractivity contribution in [2.24, 2.45) is 0 Å². The van der Waals surface area contributed by atoms with Gasteiger partial charge in [0.25, 0.3) is 0 Å². The molecular formula is C15H11Br2Cl3O. The number of hydrogen-bond donors (Lipinski definition) is 0. The van der Waals surface area contributed by atoms with Gasteiger partial charge in [-0.05, 0) is 52.2 Å². The monoisotopic (exact) mass is 470 g/mol. The Morgan fingerprint density at radius 3 is 2.38 bits per heavy atom. The summed E-state index contributed by atoms with van der Waals surface area (Å²) < 4.78 is 6.27. The van der Waals surface area contributed by atoms with Crippen molar-refractivity contribution in [3.63, 3.8) is 0 Å². The Morgan fingerprint density at radius 1 is 1.05 bits per heavy atom. The molecule has 2 aromatic rings. The van der Waals surface area contributed by atoms with Gasteiger partial charge in [-0.15, -0.1) is 0 Å². The Labute approximate surface area is 155 Å². The first-order valence-electron chi connectivity index (χ1n) is 6.14. The van der Waals surface area contributed by atoms with Crippen molar-refractivity contribution in [1.29, 1.82) is 0 Å². The molecule has 2 rings (SSSR count). The lowest BCUT2D eigenvalue weighted by atomic mass is 10.0. The van der Waals surface area contributed by atoms with Crippen LogP contribution >= 0.6 is 66.7 Å². The van der Waals surface area contributed by atoms with Gasteiger partial charge in [0.15, 0.2) is 0 Å². The summed E-state index contributed by atoms with van der Waals surface area (Å²) in [5.74, 6) is 0.588. The molecule has 0 spiro atoms. The van der Waals surface area contributed by atoms with Crippen LogP contribution in [0.4, 0.5) is 0 Å². The van der Waals surface area contributed by atoms with Crippen LogP contribution in [0.5, 0.6) is 5.75 Å². The summed E-state index contributed by atoms with van der Waals surface area (Å²) in [5, 5.41) is 1.79. The van der Waals surface area contributed by atoms with E-state index in [1.807, 2.05) is 31.2 Å². The molecule has 0 aromatic heterocycles. The molecule has 6 heteroatoms. The molecule has 2 aromatic carbocycles. The number of ether oxygens (including phenoxy) is 1. The summed E-state index contributed by atoms with van der Waals surface area (Å²) in [5.41, 5.74) is 1.90. The molecule has 0 aliphatic rings. The molecule has 0 bridgehead atoms. The van der Waals surface area contributed by atoms with E-state index in [2.05, 4.69) is 31.9 Å². The van der Waals surface area contributed by atoms with Gasteiger partial charge in [0.1, 0.15) is 5.75 Å². The van der Waals surface area contributed by atoms with E-state index in [1.165, 1.54) is 0 Å². The van der Waals surface area contributed by atoms with E-state index in [9.17, 15) is 0 Å². The molecule has 0 saturated carbocycles. The van der Waals surface area contributed by atoms with Crippen LogP contribution in [0.25, 0.3) is 0 Å². The van der Waals surface area contributed by atoms with Crippen LogP contribution in [0.2, 0.25) is 15.1 Å². The zero-order chi connectivity index (χ0) is 15.6. The van der Waals surface area contributed by atoms with Gasteiger partial charge in [0, 0.05) is 15.6 Å². The lowest BCUT2D eigenvalue weighted by molar-refractivity contribution is 0.340.